The Balaban J connectivity index is 1.51. The van der Waals surface area contributed by atoms with E-state index in [9.17, 15) is 13.4 Å². The van der Waals surface area contributed by atoms with Crippen LogP contribution < -0.4 is 5.56 Å². The van der Waals surface area contributed by atoms with Crippen molar-refractivity contribution in [1.29, 1.82) is 0 Å². The highest BCUT2D eigenvalue weighted by molar-refractivity contribution is 8.00. The van der Waals surface area contributed by atoms with Crippen LogP contribution in [0.2, 0.25) is 0 Å². The van der Waals surface area contributed by atoms with Gasteiger partial charge in [-0.2, -0.15) is 0 Å². The first-order valence-corrected chi connectivity index (χ1v) is 11.6. The van der Waals surface area contributed by atoms with Gasteiger partial charge in [0, 0.05) is 27.3 Å². The third-order valence-electron chi connectivity index (χ3n) is 4.09. The van der Waals surface area contributed by atoms with E-state index in [-0.39, 0.29) is 11.4 Å². The lowest BCUT2D eigenvalue weighted by molar-refractivity contribution is 0.628. The molecule has 0 aliphatic heterocycles. The molecule has 0 radical (unpaired) electrons. The van der Waals surface area contributed by atoms with Crippen LogP contribution in [0, 0.1) is 5.82 Å². The van der Waals surface area contributed by atoms with Gasteiger partial charge in [0.25, 0.3) is 5.56 Å². The summed E-state index contributed by atoms with van der Waals surface area (Å²) in [5.74, 6) is 0.732. The molecule has 1 atom stereocenters. The Labute approximate surface area is 171 Å². The zero-order valence-electron chi connectivity index (χ0n) is 14.6. The summed E-state index contributed by atoms with van der Waals surface area (Å²) >= 11 is 2.76. The van der Waals surface area contributed by atoms with Crippen molar-refractivity contribution in [2.45, 2.75) is 10.1 Å². The normalized spacial score (nSPS) is 12.3. The Morgan fingerprint density at radius 2 is 1.86 bits per heavy atom. The van der Waals surface area contributed by atoms with Gasteiger partial charge in [0.15, 0.2) is 5.16 Å². The number of nitrogens with zero attached hydrogens (tertiary/aromatic N) is 1. The van der Waals surface area contributed by atoms with Crippen molar-refractivity contribution in [3.8, 4) is 11.1 Å². The molecule has 4 nitrogen and oxygen atoms in total. The number of fused-ring (bicyclic) bond motifs is 1. The summed E-state index contributed by atoms with van der Waals surface area (Å²) in [6.07, 6.45) is 0. The second-order valence-electron chi connectivity index (χ2n) is 5.92. The number of rotatable bonds is 6. The average Bonchev–Trinajstić information content (AvgIpc) is 3.14. The summed E-state index contributed by atoms with van der Waals surface area (Å²) in [7, 11) is -1.08. The molecule has 0 aliphatic carbocycles. The Morgan fingerprint density at radius 3 is 2.61 bits per heavy atom. The Bertz CT molecular complexity index is 1190. The molecule has 2 heterocycles. The smallest absolute Gasteiger partial charge is 0.260 e. The van der Waals surface area contributed by atoms with Gasteiger partial charge < -0.3 is 4.98 Å². The highest BCUT2D eigenvalue weighted by Crippen LogP contribution is 2.31. The van der Waals surface area contributed by atoms with E-state index in [0.717, 1.165) is 16.0 Å². The summed E-state index contributed by atoms with van der Waals surface area (Å²) in [6.45, 7) is 0. The molecule has 28 heavy (non-hydrogen) atoms. The average molecular weight is 431 g/mol. The lowest BCUT2D eigenvalue weighted by Gasteiger charge is -2.03. The third-order valence-corrected chi connectivity index (χ3v) is 7.47. The lowest BCUT2D eigenvalue weighted by Crippen LogP contribution is -2.09. The first-order chi connectivity index (χ1) is 13.6. The number of aromatic nitrogens is 2. The van der Waals surface area contributed by atoms with E-state index in [1.165, 1.54) is 35.2 Å². The van der Waals surface area contributed by atoms with Gasteiger partial charge in [-0.3, -0.25) is 9.00 Å². The molecule has 0 bridgehead atoms. The van der Waals surface area contributed by atoms with E-state index < -0.39 is 10.8 Å². The number of halogens is 1. The molecule has 1 N–H and O–H groups in total. The number of nitrogens with one attached hydrogen (secondary N) is 1. The van der Waals surface area contributed by atoms with Crippen molar-refractivity contribution < 1.29 is 8.60 Å². The first-order valence-electron chi connectivity index (χ1n) is 8.45. The summed E-state index contributed by atoms with van der Waals surface area (Å²) in [5, 5.41) is 2.88. The van der Waals surface area contributed by atoms with Crippen LogP contribution in [0.5, 0.6) is 0 Å². The van der Waals surface area contributed by atoms with Gasteiger partial charge >= 0.3 is 0 Å². The molecule has 0 spiro atoms. The molecule has 4 rings (SSSR count). The predicted octanol–water partition coefficient (Wildman–Crippen LogP) is 4.69. The van der Waals surface area contributed by atoms with Crippen LogP contribution in [-0.4, -0.2) is 25.7 Å². The monoisotopic (exact) mass is 430 g/mol. The molecule has 8 heteroatoms. The lowest BCUT2D eigenvalue weighted by atomic mass is 10.1. The van der Waals surface area contributed by atoms with Crippen LogP contribution in [0.15, 0.2) is 74.8 Å². The van der Waals surface area contributed by atoms with Crippen molar-refractivity contribution in [3.05, 3.63) is 76.1 Å². The highest BCUT2D eigenvalue weighted by atomic mass is 32.2. The summed E-state index contributed by atoms with van der Waals surface area (Å²) < 4.78 is 25.4. The first kappa shape index (κ1) is 19.0. The van der Waals surface area contributed by atoms with Gasteiger partial charge in [-0.1, -0.05) is 42.1 Å². The fourth-order valence-corrected chi connectivity index (χ4v) is 5.90. The molecule has 0 fully saturated rings. The van der Waals surface area contributed by atoms with E-state index >= 15 is 0 Å². The fourth-order valence-electron chi connectivity index (χ4n) is 2.74. The van der Waals surface area contributed by atoms with Gasteiger partial charge in [0.1, 0.15) is 10.6 Å². The number of hydrogen-bond acceptors (Lipinski definition) is 5. The van der Waals surface area contributed by atoms with E-state index in [1.807, 2.05) is 35.7 Å². The molecule has 0 unspecified atom stereocenters. The molecule has 0 amide bonds. The molecular formula is C20H15FN2O2S3. The van der Waals surface area contributed by atoms with Crippen molar-refractivity contribution >= 4 is 44.1 Å². The second kappa shape index (κ2) is 8.38. The number of H-pyrrole nitrogens is 1. The van der Waals surface area contributed by atoms with Crippen molar-refractivity contribution in [2.75, 3.05) is 11.5 Å². The minimum absolute atomic E-state index is 0.225. The van der Waals surface area contributed by atoms with Crippen LogP contribution in [0.4, 0.5) is 4.39 Å². The Kier molecular flexibility index (Phi) is 5.70. The molecule has 142 valence electrons. The van der Waals surface area contributed by atoms with Gasteiger partial charge in [-0.05, 0) is 29.8 Å². The van der Waals surface area contributed by atoms with Crippen molar-refractivity contribution in [1.82, 2.24) is 9.97 Å². The predicted molar refractivity (Wildman–Crippen MR) is 114 cm³/mol. The quantitative estimate of drug-likeness (QED) is 0.356. The largest absolute Gasteiger partial charge is 0.301 e. The number of aromatic amines is 1. The zero-order chi connectivity index (χ0) is 19.5. The third kappa shape index (κ3) is 4.09. The summed E-state index contributed by atoms with van der Waals surface area (Å²) in [4.78, 5) is 21.4. The number of thiophene rings is 1. The zero-order valence-corrected chi connectivity index (χ0v) is 17.0. The Hall–Kier alpha value is -2.29. The SMILES string of the molecule is O=c1[nH]c(SCC[S@@](=O)c2ccccc2)nc2scc(-c3ccc(F)cc3)c12. The molecule has 4 aromatic rings. The van der Waals surface area contributed by atoms with E-state index in [0.29, 0.717) is 26.9 Å². The number of hydrogen-bond donors (Lipinski definition) is 1. The summed E-state index contributed by atoms with van der Waals surface area (Å²) in [6, 6.07) is 15.3. The molecule has 2 aromatic heterocycles. The highest BCUT2D eigenvalue weighted by Gasteiger charge is 2.13. The Morgan fingerprint density at radius 1 is 1.11 bits per heavy atom. The maximum atomic E-state index is 13.2. The van der Waals surface area contributed by atoms with Gasteiger partial charge in [0.2, 0.25) is 0 Å². The maximum Gasteiger partial charge on any atom is 0.260 e. The van der Waals surface area contributed by atoms with Crippen molar-refractivity contribution in [2.24, 2.45) is 0 Å². The minimum Gasteiger partial charge on any atom is -0.301 e. The van der Waals surface area contributed by atoms with Crippen molar-refractivity contribution in [3.63, 3.8) is 0 Å². The maximum absolute atomic E-state index is 13.2. The van der Waals surface area contributed by atoms with Gasteiger partial charge in [0.05, 0.1) is 16.2 Å². The fraction of sp³-hybridized carbons (Fsp3) is 0.100. The van der Waals surface area contributed by atoms with E-state index in [2.05, 4.69) is 9.97 Å². The number of benzene rings is 2. The number of thioether (sulfide) groups is 1. The molecule has 0 saturated carbocycles. The van der Waals surface area contributed by atoms with Crippen LogP contribution in [0.25, 0.3) is 21.3 Å². The van der Waals surface area contributed by atoms with E-state index in [1.54, 1.807) is 12.1 Å². The van der Waals surface area contributed by atoms with Crippen LogP contribution in [0.1, 0.15) is 0 Å². The van der Waals surface area contributed by atoms with Crippen LogP contribution in [0.3, 0.4) is 0 Å². The summed E-state index contributed by atoms with van der Waals surface area (Å²) in [5.41, 5.74) is 1.30. The minimum atomic E-state index is -1.08. The van der Waals surface area contributed by atoms with Gasteiger partial charge in [-0.25, -0.2) is 9.37 Å². The standard InChI is InChI=1S/C20H15FN2O2S3/c21-14-8-6-13(7-9-14)16-12-27-19-17(16)18(24)22-20(23-19)26-10-11-28(25)15-4-2-1-3-5-15/h1-9,12H,10-11H2,(H,22,23,24)/t28-/m1/s1. The molecule has 0 saturated heterocycles. The topological polar surface area (TPSA) is 62.8 Å². The molecular weight excluding hydrogens is 415 g/mol. The molecule has 2 aromatic carbocycles. The second-order valence-corrected chi connectivity index (χ2v) is 9.43. The van der Waals surface area contributed by atoms with Gasteiger partial charge in [-0.15, -0.1) is 11.3 Å². The van der Waals surface area contributed by atoms with Crippen LogP contribution in [-0.2, 0) is 10.8 Å². The van der Waals surface area contributed by atoms with E-state index in [4.69, 9.17) is 0 Å². The van der Waals surface area contributed by atoms with Crippen LogP contribution >= 0.6 is 23.1 Å². The molecule has 0 aliphatic rings.